The van der Waals surface area contributed by atoms with Crippen molar-refractivity contribution >= 4 is 17.4 Å². The maximum Gasteiger partial charge on any atom is 0.126 e. The van der Waals surface area contributed by atoms with Gasteiger partial charge in [-0.1, -0.05) is 11.6 Å². The van der Waals surface area contributed by atoms with E-state index in [-0.39, 0.29) is 5.60 Å². The van der Waals surface area contributed by atoms with Crippen LogP contribution < -0.4 is 5.32 Å². The van der Waals surface area contributed by atoms with Crippen molar-refractivity contribution < 1.29 is 4.74 Å². The van der Waals surface area contributed by atoms with Crippen molar-refractivity contribution in [3.05, 3.63) is 23.4 Å². The lowest BCUT2D eigenvalue weighted by Crippen LogP contribution is -2.45. The minimum atomic E-state index is 0.0291. The molecule has 1 saturated carbocycles. The number of anilines is 1. The first-order valence-electron chi connectivity index (χ1n) is 5.15. The van der Waals surface area contributed by atoms with Gasteiger partial charge in [0.1, 0.15) is 5.82 Å². The second-order valence-electron chi connectivity index (χ2n) is 3.96. The molecular weight excluding hydrogens is 212 g/mol. The molecule has 1 aromatic heterocycles. The summed E-state index contributed by atoms with van der Waals surface area (Å²) in [6, 6.07) is 3.71. The third kappa shape index (κ3) is 2.41. The molecule has 2 rings (SSSR count). The zero-order valence-electron chi connectivity index (χ0n) is 8.79. The number of nitrogens with zero attached hydrogens (tertiary/aromatic N) is 1. The Hall–Kier alpha value is -0.800. The van der Waals surface area contributed by atoms with E-state index in [1.54, 1.807) is 13.3 Å². The minimum Gasteiger partial charge on any atom is -0.376 e. The highest BCUT2D eigenvalue weighted by atomic mass is 35.5. The predicted molar refractivity (Wildman–Crippen MR) is 61.3 cm³/mol. The lowest BCUT2D eigenvalue weighted by atomic mass is 9.80. The molecule has 1 N–H and O–H groups in total. The third-order valence-electron chi connectivity index (χ3n) is 3.02. The Kier molecular flexibility index (Phi) is 3.12. The van der Waals surface area contributed by atoms with E-state index in [4.69, 9.17) is 16.3 Å². The van der Waals surface area contributed by atoms with Gasteiger partial charge in [-0.25, -0.2) is 4.98 Å². The maximum atomic E-state index is 5.75. The first-order chi connectivity index (χ1) is 7.24. The van der Waals surface area contributed by atoms with E-state index >= 15 is 0 Å². The Labute approximate surface area is 94.8 Å². The predicted octanol–water partition coefficient (Wildman–Crippen LogP) is 2.72. The van der Waals surface area contributed by atoms with Gasteiger partial charge in [-0.05, 0) is 31.4 Å². The van der Waals surface area contributed by atoms with Crippen LogP contribution in [0.5, 0.6) is 0 Å². The summed E-state index contributed by atoms with van der Waals surface area (Å²) in [7, 11) is 1.77. The normalized spacial score (nSPS) is 18.3. The van der Waals surface area contributed by atoms with Crippen molar-refractivity contribution in [2.75, 3.05) is 19.0 Å². The number of nitrogens with one attached hydrogen (secondary N) is 1. The molecule has 1 aliphatic rings. The van der Waals surface area contributed by atoms with Crippen LogP contribution in [0.25, 0.3) is 0 Å². The molecular formula is C11H15ClN2O. The minimum absolute atomic E-state index is 0.0291. The summed E-state index contributed by atoms with van der Waals surface area (Å²) in [5, 5.41) is 3.93. The molecule has 0 amide bonds. The fourth-order valence-electron chi connectivity index (χ4n) is 1.76. The maximum absolute atomic E-state index is 5.75. The number of rotatable bonds is 4. The molecule has 0 aliphatic heterocycles. The monoisotopic (exact) mass is 226 g/mol. The second-order valence-corrected chi connectivity index (χ2v) is 4.39. The Morgan fingerprint density at radius 3 is 2.80 bits per heavy atom. The van der Waals surface area contributed by atoms with E-state index in [9.17, 15) is 0 Å². The van der Waals surface area contributed by atoms with E-state index in [1.807, 2.05) is 12.1 Å². The van der Waals surface area contributed by atoms with E-state index in [2.05, 4.69) is 10.3 Å². The van der Waals surface area contributed by atoms with Crippen molar-refractivity contribution in [1.82, 2.24) is 4.98 Å². The van der Waals surface area contributed by atoms with E-state index < -0.39 is 0 Å². The molecule has 4 heteroatoms. The van der Waals surface area contributed by atoms with Crippen LogP contribution in [-0.2, 0) is 4.74 Å². The number of halogens is 1. The molecule has 1 heterocycles. The molecule has 0 radical (unpaired) electrons. The van der Waals surface area contributed by atoms with Gasteiger partial charge in [-0.3, -0.25) is 0 Å². The van der Waals surface area contributed by atoms with E-state index in [0.717, 1.165) is 25.2 Å². The summed E-state index contributed by atoms with van der Waals surface area (Å²) in [6.45, 7) is 0.818. The number of methoxy groups -OCH3 is 1. The Morgan fingerprint density at radius 1 is 1.53 bits per heavy atom. The molecule has 0 atom stereocenters. The van der Waals surface area contributed by atoms with Gasteiger partial charge >= 0.3 is 0 Å². The first-order valence-corrected chi connectivity index (χ1v) is 5.52. The Morgan fingerprint density at radius 2 is 2.33 bits per heavy atom. The molecule has 82 valence electrons. The fraction of sp³-hybridized carbons (Fsp3) is 0.545. The quantitative estimate of drug-likeness (QED) is 0.857. The summed E-state index contributed by atoms with van der Waals surface area (Å²) in [5.74, 6) is 0.850. The zero-order valence-corrected chi connectivity index (χ0v) is 9.55. The molecule has 1 aliphatic carbocycles. The van der Waals surface area contributed by atoms with Crippen molar-refractivity contribution in [3.63, 3.8) is 0 Å². The van der Waals surface area contributed by atoms with Gasteiger partial charge < -0.3 is 10.1 Å². The Bertz CT molecular complexity index is 316. The summed E-state index contributed by atoms with van der Waals surface area (Å²) >= 11 is 5.75. The van der Waals surface area contributed by atoms with Gasteiger partial charge in [-0.15, -0.1) is 0 Å². The van der Waals surface area contributed by atoms with Crippen LogP contribution in [0.15, 0.2) is 18.3 Å². The summed E-state index contributed by atoms with van der Waals surface area (Å²) in [5.41, 5.74) is 0.0291. The SMILES string of the molecule is COC1(CNc2ccc(Cl)cn2)CCC1. The average molecular weight is 227 g/mol. The zero-order chi connectivity index (χ0) is 10.7. The van der Waals surface area contributed by atoms with Crippen LogP contribution in [-0.4, -0.2) is 24.2 Å². The molecule has 1 aromatic rings. The van der Waals surface area contributed by atoms with Crippen LogP contribution in [0.2, 0.25) is 5.02 Å². The lowest BCUT2D eigenvalue weighted by Gasteiger charge is -2.40. The van der Waals surface area contributed by atoms with Gasteiger partial charge in [-0.2, -0.15) is 0 Å². The summed E-state index contributed by atoms with van der Waals surface area (Å²) in [6.07, 6.45) is 5.15. The Balaban J connectivity index is 1.90. The number of hydrogen-bond donors (Lipinski definition) is 1. The van der Waals surface area contributed by atoms with Crippen molar-refractivity contribution in [2.24, 2.45) is 0 Å². The first kappa shape index (κ1) is 10.7. The van der Waals surface area contributed by atoms with Crippen LogP contribution >= 0.6 is 11.6 Å². The van der Waals surface area contributed by atoms with Gasteiger partial charge in [0.2, 0.25) is 0 Å². The third-order valence-corrected chi connectivity index (χ3v) is 3.24. The van der Waals surface area contributed by atoms with Gasteiger partial charge in [0, 0.05) is 19.9 Å². The standard InChI is InChI=1S/C11H15ClN2O/c1-15-11(5-2-6-11)8-14-10-4-3-9(12)7-13-10/h3-4,7H,2,5-6,8H2,1H3,(H,13,14). The molecule has 3 nitrogen and oxygen atoms in total. The van der Waals surface area contributed by atoms with Gasteiger partial charge in [0.15, 0.2) is 0 Å². The molecule has 1 fully saturated rings. The molecule has 0 saturated heterocycles. The van der Waals surface area contributed by atoms with Crippen LogP contribution in [0.4, 0.5) is 5.82 Å². The topological polar surface area (TPSA) is 34.1 Å². The number of hydrogen-bond acceptors (Lipinski definition) is 3. The van der Waals surface area contributed by atoms with Gasteiger partial charge in [0.25, 0.3) is 0 Å². The van der Waals surface area contributed by atoms with E-state index in [0.29, 0.717) is 5.02 Å². The summed E-state index contributed by atoms with van der Waals surface area (Å²) < 4.78 is 5.50. The van der Waals surface area contributed by atoms with Crippen LogP contribution in [0.1, 0.15) is 19.3 Å². The smallest absolute Gasteiger partial charge is 0.126 e. The second kappa shape index (κ2) is 4.37. The fourth-order valence-corrected chi connectivity index (χ4v) is 1.87. The molecule has 0 unspecified atom stereocenters. The lowest BCUT2D eigenvalue weighted by molar-refractivity contribution is -0.0601. The molecule has 15 heavy (non-hydrogen) atoms. The number of ether oxygens (including phenoxy) is 1. The van der Waals surface area contributed by atoms with Crippen LogP contribution in [0.3, 0.4) is 0 Å². The van der Waals surface area contributed by atoms with Gasteiger partial charge in [0.05, 0.1) is 10.6 Å². The summed E-state index contributed by atoms with van der Waals surface area (Å²) in [4.78, 5) is 4.18. The number of pyridine rings is 1. The van der Waals surface area contributed by atoms with E-state index in [1.165, 1.54) is 6.42 Å². The molecule has 0 bridgehead atoms. The highest BCUT2D eigenvalue weighted by Gasteiger charge is 2.36. The van der Waals surface area contributed by atoms with Crippen LogP contribution in [0, 0.1) is 0 Å². The highest BCUT2D eigenvalue weighted by molar-refractivity contribution is 6.30. The van der Waals surface area contributed by atoms with Crippen molar-refractivity contribution in [2.45, 2.75) is 24.9 Å². The largest absolute Gasteiger partial charge is 0.376 e. The molecule has 0 spiro atoms. The highest BCUT2D eigenvalue weighted by Crippen LogP contribution is 2.34. The van der Waals surface area contributed by atoms with Crippen molar-refractivity contribution in [1.29, 1.82) is 0 Å². The molecule has 0 aromatic carbocycles. The number of aromatic nitrogens is 1. The average Bonchev–Trinajstić information content (AvgIpc) is 2.20. The van der Waals surface area contributed by atoms with Crippen molar-refractivity contribution in [3.8, 4) is 0 Å².